The molecule has 2 heterocycles. The summed E-state index contributed by atoms with van der Waals surface area (Å²) in [6.45, 7) is 1.89. The third-order valence-corrected chi connectivity index (χ3v) is 3.75. The molecule has 0 aliphatic carbocycles. The molecular weight excluding hydrogens is 314 g/mol. The molecule has 1 aromatic carbocycles. The number of carbonyl (C=O) groups is 1. The molecule has 23 heavy (non-hydrogen) atoms. The Morgan fingerprint density at radius 1 is 1.22 bits per heavy atom. The lowest BCUT2D eigenvalue weighted by Crippen LogP contribution is -2.13. The molecule has 1 N–H and O–H groups in total. The number of nitrogens with one attached hydrogen (secondary N) is 1. The molecule has 0 radical (unpaired) electrons. The van der Waals surface area contributed by atoms with Gasteiger partial charge >= 0.3 is 0 Å². The van der Waals surface area contributed by atoms with Gasteiger partial charge in [0.25, 0.3) is 5.91 Å². The molecular formula is C17H14ClN3O2. The van der Waals surface area contributed by atoms with E-state index in [1.54, 1.807) is 31.5 Å². The maximum atomic E-state index is 12.6. The van der Waals surface area contributed by atoms with Crippen LogP contribution in [0.25, 0.3) is 10.9 Å². The Morgan fingerprint density at radius 2 is 2.04 bits per heavy atom. The Morgan fingerprint density at radius 3 is 2.78 bits per heavy atom. The zero-order valence-electron chi connectivity index (χ0n) is 12.6. The predicted octanol–water partition coefficient (Wildman–Crippen LogP) is 3.85. The van der Waals surface area contributed by atoms with Crippen molar-refractivity contribution in [2.45, 2.75) is 6.92 Å². The Hall–Kier alpha value is -2.66. The maximum Gasteiger partial charge on any atom is 0.256 e. The van der Waals surface area contributed by atoms with E-state index in [1.165, 1.54) is 6.20 Å². The first kappa shape index (κ1) is 15.2. The normalized spacial score (nSPS) is 10.6. The first-order valence-corrected chi connectivity index (χ1v) is 7.33. The SMILES string of the molecule is COc1ccc(C(=O)Nc2ccncc2Cl)c2ccc(C)nc12. The summed E-state index contributed by atoms with van der Waals surface area (Å²) >= 11 is 6.03. The molecule has 0 spiro atoms. The smallest absolute Gasteiger partial charge is 0.256 e. The van der Waals surface area contributed by atoms with Crippen LogP contribution in [0, 0.1) is 6.92 Å². The standard InChI is InChI=1S/C17H14ClN3O2/c1-10-3-4-11-12(5-6-15(23-2)16(11)20-10)17(22)21-14-7-8-19-9-13(14)18/h3-9H,1-2H3,(H,19,21,22). The van der Waals surface area contributed by atoms with Gasteiger partial charge in [0, 0.05) is 29.0 Å². The summed E-state index contributed by atoms with van der Waals surface area (Å²) in [5, 5.41) is 3.89. The number of methoxy groups -OCH3 is 1. The highest BCUT2D eigenvalue weighted by Crippen LogP contribution is 2.28. The fourth-order valence-electron chi connectivity index (χ4n) is 2.32. The van der Waals surface area contributed by atoms with E-state index in [-0.39, 0.29) is 5.91 Å². The molecule has 3 rings (SSSR count). The lowest BCUT2D eigenvalue weighted by molar-refractivity contribution is 0.102. The van der Waals surface area contributed by atoms with E-state index in [4.69, 9.17) is 16.3 Å². The van der Waals surface area contributed by atoms with Gasteiger partial charge < -0.3 is 10.1 Å². The highest BCUT2D eigenvalue weighted by Gasteiger charge is 2.15. The van der Waals surface area contributed by atoms with E-state index in [9.17, 15) is 4.79 Å². The van der Waals surface area contributed by atoms with Gasteiger partial charge in [-0.25, -0.2) is 4.98 Å². The van der Waals surface area contributed by atoms with Crippen molar-refractivity contribution in [1.29, 1.82) is 0 Å². The number of anilines is 1. The Kier molecular flexibility index (Phi) is 4.12. The van der Waals surface area contributed by atoms with Gasteiger partial charge in [0.15, 0.2) is 0 Å². The van der Waals surface area contributed by atoms with Crippen molar-refractivity contribution < 1.29 is 9.53 Å². The van der Waals surface area contributed by atoms with Crippen molar-refractivity contribution in [1.82, 2.24) is 9.97 Å². The van der Waals surface area contributed by atoms with E-state index in [0.29, 0.717) is 27.5 Å². The molecule has 0 saturated heterocycles. The number of aryl methyl sites for hydroxylation is 1. The molecule has 1 amide bonds. The van der Waals surface area contributed by atoms with Crippen LogP contribution in [0.1, 0.15) is 16.1 Å². The monoisotopic (exact) mass is 327 g/mol. The van der Waals surface area contributed by atoms with Crippen LogP contribution in [0.5, 0.6) is 5.75 Å². The molecule has 0 bridgehead atoms. The minimum absolute atomic E-state index is 0.267. The third kappa shape index (κ3) is 2.96. The van der Waals surface area contributed by atoms with E-state index < -0.39 is 0 Å². The van der Waals surface area contributed by atoms with Crippen molar-refractivity contribution in [3.63, 3.8) is 0 Å². The molecule has 6 heteroatoms. The lowest BCUT2D eigenvalue weighted by Gasteiger charge is -2.11. The van der Waals surface area contributed by atoms with Crippen LogP contribution in [0.4, 0.5) is 5.69 Å². The molecule has 0 unspecified atom stereocenters. The summed E-state index contributed by atoms with van der Waals surface area (Å²) in [7, 11) is 1.58. The van der Waals surface area contributed by atoms with Gasteiger partial charge in [0.1, 0.15) is 11.3 Å². The summed E-state index contributed by atoms with van der Waals surface area (Å²) in [5.74, 6) is 0.360. The molecule has 5 nitrogen and oxygen atoms in total. The highest BCUT2D eigenvalue weighted by atomic mass is 35.5. The van der Waals surface area contributed by atoms with E-state index in [2.05, 4.69) is 15.3 Å². The number of hydrogen-bond donors (Lipinski definition) is 1. The number of carbonyl (C=O) groups excluding carboxylic acids is 1. The van der Waals surface area contributed by atoms with Gasteiger partial charge in [-0.3, -0.25) is 9.78 Å². The zero-order valence-corrected chi connectivity index (χ0v) is 13.4. The Labute approximate surface area is 138 Å². The second-order valence-corrected chi connectivity index (χ2v) is 5.38. The van der Waals surface area contributed by atoms with E-state index in [0.717, 1.165) is 11.1 Å². The van der Waals surface area contributed by atoms with Crippen molar-refractivity contribution >= 4 is 34.1 Å². The summed E-state index contributed by atoms with van der Waals surface area (Å²) in [4.78, 5) is 21.0. The molecule has 0 fully saturated rings. The van der Waals surface area contributed by atoms with Crippen molar-refractivity contribution in [2.24, 2.45) is 0 Å². The minimum atomic E-state index is -0.267. The number of nitrogens with zero attached hydrogens (tertiary/aromatic N) is 2. The fourth-order valence-corrected chi connectivity index (χ4v) is 2.49. The highest BCUT2D eigenvalue weighted by molar-refractivity contribution is 6.33. The fraction of sp³-hybridized carbons (Fsp3) is 0.118. The van der Waals surface area contributed by atoms with Crippen molar-refractivity contribution in [3.05, 3.63) is 59.0 Å². The van der Waals surface area contributed by atoms with Crippen molar-refractivity contribution in [2.75, 3.05) is 12.4 Å². The number of aromatic nitrogens is 2. The quantitative estimate of drug-likeness (QED) is 0.793. The summed E-state index contributed by atoms with van der Waals surface area (Å²) < 4.78 is 5.33. The molecule has 116 valence electrons. The van der Waals surface area contributed by atoms with Crippen LogP contribution in [-0.2, 0) is 0 Å². The van der Waals surface area contributed by atoms with Crippen LogP contribution in [-0.4, -0.2) is 23.0 Å². The molecule has 0 aliphatic rings. The number of halogens is 1. The number of ether oxygens (including phenoxy) is 1. The largest absolute Gasteiger partial charge is 0.494 e. The molecule has 2 aromatic heterocycles. The molecule has 0 atom stereocenters. The van der Waals surface area contributed by atoms with Gasteiger partial charge in [0.2, 0.25) is 0 Å². The summed E-state index contributed by atoms with van der Waals surface area (Å²) in [6, 6.07) is 8.82. The molecule has 0 aliphatic heterocycles. The average Bonchev–Trinajstić information content (AvgIpc) is 2.55. The van der Waals surface area contributed by atoms with Gasteiger partial charge in [-0.2, -0.15) is 0 Å². The number of rotatable bonds is 3. The molecule has 3 aromatic rings. The van der Waals surface area contributed by atoms with Crippen LogP contribution in [0.15, 0.2) is 42.7 Å². The predicted molar refractivity (Wildman–Crippen MR) is 90.2 cm³/mol. The first-order valence-electron chi connectivity index (χ1n) is 6.95. The second-order valence-electron chi connectivity index (χ2n) is 4.97. The number of fused-ring (bicyclic) bond motifs is 1. The van der Waals surface area contributed by atoms with Crippen LogP contribution < -0.4 is 10.1 Å². The number of benzene rings is 1. The topological polar surface area (TPSA) is 64.1 Å². The number of pyridine rings is 2. The summed E-state index contributed by atoms with van der Waals surface area (Å²) in [6.07, 6.45) is 3.05. The van der Waals surface area contributed by atoms with Crippen LogP contribution in [0.3, 0.4) is 0 Å². The molecule has 0 saturated carbocycles. The summed E-state index contributed by atoms with van der Waals surface area (Å²) in [5.41, 5.74) is 2.52. The average molecular weight is 328 g/mol. The van der Waals surface area contributed by atoms with Crippen molar-refractivity contribution in [3.8, 4) is 5.75 Å². The Balaban J connectivity index is 2.06. The zero-order chi connectivity index (χ0) is 16.4. The van der Waals surface area contributed by atoms with E-state index >= 15 is 0 Å². The lowest BCUT2D eigenvalue weighted by atomic mass is 10.1. The maximum absolute atomic E-state index is 12.6. The second kappa shape index (κ2) is 6.22. The van der Waals surface area contributed by atoms with Crippen LogP contribution >= 0.6 is 11.6 Å². The van der Waals surface area contributed by atoms with Crippen LogP contribution in [0.2, 0.25) is 5.02 Å². The van der Waals surface area contributed by atoms with Gasteiger partial charge in [0.05, 0.1) is 17.8 Å². The Bertz CT molecular complexity index is 896. The number of amides is 1. The number of hydrogen-bond acceptors (Lipinski definition) is 4. The van der Waals surface area contributed by atoms with Gasteiger partial charge in [-0.05, 0) is 31.2 Å². The third-order valence-electron chi connectivity index (χ3n) is 3.44. The van der Waals surface area contributed by atoms with E-state index in [1.807, 2.05) is 19.1 Å². The van der Waals surface area contributed by atoms with Gasteiger partial charge in [-0.15, -0.1) is 0 Å². The first-order chi connectivity index (χ1) is 11.1. The minimum Gasteiger partial charge on any atom is -0.494 e. The van der Waals surface area contributed by atoms with Gasteiger partial charge in [-0.1, -0.05) is 17.7 Å².